The van der Waals surface area contributed by atoms with Crippen LogP contribution in [0.1, 0.15) is 39.9 Å². The first-order valence-electron chi connectivity index (χ1n) is 15.3. The molecule has 2 aliphatic heterocycles. The molecule has 3 aromatic rings. The molecule has 2 fully saturated rings. The van der Waals surface area contributed by atoms with Gasteiger partial charge in [-0.2, -0.15) is 0 Å². The molecular weight excluding hydrogens is 572 g/mol. The van der Waals surface area contributed by atoms with Crippen LogP contribution in [0.2, 0.25) is 0 Å². The second-order valence-electron chi connectivity index (χ2n) is 11.9. The molecule has 5 rings (SSSR count). The van der Waals surface area contributed by atoms with Crippen LogP contribution in [-0.2, 0) is 16.9 Å². The van der Waals surface area contributed by atoms with Crippen molar-refractivity contribution in [2.75, 3.05) is 39.3 Å². The summed E-state index contributed by atoms with van der Waals surface area (Å²) in [4.78, 5) is 42.9. The van der Waals surface area contributed by atoms with Crippen molar-refractivity contribution in [3.8, 4) is 0 Å². The third kappa shape index (κ3) is 7.24. The van der Waals surface area contributed by atoms with Crippen LogP contribution in [0.5, 0.6) is 0 Å². The number of piperidine rings is 1. The van der Waals surface area contributed by atoms with Crippen LogP contribution >= 0.6 is 0 Å². The molecule has 0 bridgehead atoms. The molecule has 2 heterocycles. The number of hydrogen-bond acceptors (Lipinski definition) is 7. The number of nitrogens with zero attached hydrogens (tertiary/aromatic N) is 4. The van der Waals surface area contributed by atoms with E-state index in [-0.39, 0.29) is 36.7 Å². The lowest BCUT2D eigenvalue weighted by atomic mass is 9.83. The fourth-order valence-corrected chi connectivity index (χ4v) is 6.48. The summed E-state index contributed by atoms with van der Waals surface area (Å²) in [6.45, 7) is 8.82. The Kier molecular flexibility index (Phi) is 9.95. The van der Waals surface area contributed by atoms with E-state index in [0.717, 1.165) is 37.1 Å². The van der Waals surface area contributed by atoms with Gasteiger partial charge in [-0.3, -0.25) is 14.9 Å². The zero-order chi connectivity index (χ0) is 32.0. The third-order valence-electron chi connectivity index (χ3n) is 9.03. The molecule has 236 valence electrons. The van der Waals surface area contributed by atoms with E-state index in [1.165, 1.54) is 12.1 Å². The van der Waals surface area contributed by atoms with Gasteiger partial charge in [0.05, 0.1) is 11.5 Å². The minimum absolute atomic E-state index is 0.0147. The smallest absolute Gasteiger partial charge is 0.410 e. The predicted octanol–water partition coefficient (Wildman–Crippen LogP) is 5.15. The molecule has 10 heteroatoms. The maximum absolute atomic E-state index is 13.6. The number of aliphatic hydroxyl groups is 1. The third-order valence-corrected chi connectivity index (χ3v) is 9.03. The van der Waals surface area contributed by atoms with Crippen LogP contribution in [0.15, 0.2) is 91.5 Å². The largest absolute Gasteiger partial charge is 0.445 e. The Morgan fingerprint density at radius 1 is 1.07 bits per heavy atom. The van der Waals surface area contributed by atoms with Gasteiger partial charge in [-0.1, -0.05) is 54.6 Å². The zero-order valence-corrected chi connectivity index (χ0v) is 25.6. The number of hydrogen-bond donors (Lipinski definition) is 1. The number of rotatable bonds is 10. The Morgan fingerprint density at radius 2 is 1.73 bits per heavy atom. The monoisotopic (exact) mass is 612 g/mol. The zero-order valence-electron chi connectivity index (χ0n) is 25.6. The SMILES string of the molecule is C=CCN(C(=O)OCc1ccc([N+](=O)[O-])cc1)C1CCN(CC2CN(C(=O)c3ccccc3C)CC2(O)c2ccccc2)CC1. The summed E-state index contributed by atoms with van der Waals surface area (Å²) in [5, 5.41) is 23.0. The number of benzene rings is 3. The lowest BCUT2D eigenvalue weighted by molar-refractivity contribution is -0.384. The van der Waals surface area contributed by atoms with Gasteiger partial charge in [-0.05, 0) is 54.7 Å². The number of ether oxygens (including phenoxy) is 1. The number of amides is 2. The lowest BCUT2D eigenvalue weighted by Gasteiger charge is -2.40. The van der Waals surface area contributed by atoms with Crippen molar-refractivity contribution in [3.05, 3.63) is 124 Å². The topological polar surface area (TPSA) is 116 Å². The van der Waals surface area contributed by atoms with Crippen molar-refractivity contribution in [1.82, 2.24) is 14.7 Å². The number of non-ortho nitro benzene ring substituents is 1. The normalized spacial score (nSPS) is 20.5. The Balaban J connectivity index is 1.22. The fourth-order valence-electron chi connectivity index (χ4n) is 6.48. The van der Waals surface area contributed by atoms with Crippen LogP contribution in [0.25, 0.3) is 0 Å². The molecule has 45 heavy (non-hydrogen) atoms. The van der Waals surface area contributed by atoms with Gasteiger partial charge in [0, 0.05) is 62.4 Å². The van der Waals surface area contributed by atoms with Crippen LogP contribution in [0.4, 0.5) is 10.5 Å². The van der Waals surface area contributed by atoms with E-state index >= 15 is 0 Å². The van der Waals surface area contributed by atoms with Crippen LogP contribution in [0.3, 0.4) is 0 Å². The molecule has 0 spiro atoms. The van der Waals surface area contributed by atoms with Gasteiger partial charge >= 0.3 is 6.09 Å². The molecule has 2 aliphatic rings. The fraction of sp³-hybridized carbons (Fsp3) is 0.371. The summed E-state index contributed by atoms with van der Waals surface area (Å²) in [6, 6.07) is 23.0. The number of nitro benzene ring substituents is 1. The van der Waals surface area contributed by atoms with Gasteiger partial charge in [0.1, 0.15) is 12.2 Å². The van der Waals surface area contributed by atoms with Crippen LogP contribution < -0.4 is 0 Å². The number of aryl methyl sites for hydroxylation is 1. The van der Waals surface area contributed by atoms with Crippen LogP contribution in [0, 0.1) is 23.0 Å². The van der Waals surface area contributed by atoms with Crippen molar-refractivity contribution in [2.45, 2.75) is 38.0 Å². The molecule has 10 nitrogen and oxygen atoms in total. The maximum atomic E-state index is 13.6. The van der Waals surface area contributed by atoms with Crippen molar-refractivity contribution >= 4 is 17.7 Å². The molecule has 1 N–H and O–H groups in total. The molecule has 3 aromatic carbocycles. The second kappa shape index (κ2) is 14.0. The molecular formula is C35H40N4O6. The summed E-state index contributed by atoms with van der Waals surface area (Å²) in [5.74, 6) is -0.267. The Bertz CT molecular complexity index is 1510. The summed E-state index contributed by atoms with van der Waals surface area (Å²) < 4.78 is 5.57. The average molecular weight is 613 g/mol. The highest BCUT2D eigenvalue weighted by atomic mass is 16.6. The molecule has 0 aliphatic carbocycles. The molecule has 2 atom stereocenters. The van der Waals surface area contributed by atoms with E-state index in [2.05, 4.69) is 11.5 Å². The van der Waals surface area contributed by atoms with Crippen molar-refractivity contribution in [1.29, 1.82) is 0 Å². The molecule has 0 aromatic heterocycles. The van der Waals surface area contributed by atoms with Gasteiger partial charge in [-0.15, -0.1) is 6.58 Å². The van der Waals surface area contributed by atoms with E-state index in [1.54, 1.807) is 28.0 Å². The van der Waals surface area contributed by atoms with Crippen LogP contribution in [-0.4, -0.2) is 82.0 Å². The highest BCUT2D eigenvalue weighted by molar-refractivity contribution is 5.96. The van der Waals surface area contributed by atoms with E-state index in [4.69, 9.17) is 4.74 Å². The Morgan fingerprint density at radius 3 is 2.38 bits per heavy atom. The number of carbonyl (C=O) groups excluding carboxylic acids is 2. The first kappa shape index (κ1) is 31.9. The summed E-state index contributed by atoms with van der Waals surface area (Å²) in [5.41, 5.74) is 1.82. The van der Waals surface area contributed by atoms with Gasteiger partial charge in [0.2, 0.25) is 0 Å². The van der Waals surface area contributed by atoms with E-state index in [0.29, 0.717) is 30.8 Å². The number of likely N-dealkylation sites (tertiary alicyclic amines) is 2. The average Bonchev–Trinajstić information content (AvgIpc) is 3.40. The second-order valence-corrected chi connectivity index (χ2v) is 11.9. The van der Waals surface area contributed by atoms with E-state index in [1.807, 2.05) is 61.5 Å². The molecule has 0 radical (unpaired) electrons. The quantitative estimate of drug-likeness (QED) is 0.191. The molecule has 0 saturated carbocycles. The minimum Gasteiger partial charge on any atom is -0.445 e. The number of carbonyl (C=O) groups is 2. The van der Waals surface area contributed by atoms with Crippen molar-refractivity contribution < 1.29 is 24.4 Å². The first-order valence-corrected chi connectivity index (χ1v) is 15.3. The minimum atomic E-state index is -1.19. The van der Waals surface area contributed by atoms with Gasteiger partial charge < -0.3 is 24.5 Å². The molecule has 2 unspecified atom stereocenters. The molecule has 2 saturated heterocycles. The van der Waals surface area contributed by atoms with E-state index < -0.39 is 16.6 Å². The molecule has 2 amide bonds. The van der Waals surface area contributed by atoms with E-state index in [9.17, 15) is 24.8 Å². The predicted molar refractivity (Wildman–Crippen MR) is 171 cm³/mol. The summed E-state index contributed by atoms with van der Waals surface area (Å²) in [6.07, 6.45) is 2.68. The Labute approximate surface area is 263 Å². The lowest BCUT2D eigenvalue weighted by Crippen LogP contribution is -2.50. The van der Waals surface area contributed by atoms with Gasteiger partial charge in [-0.25, -0.2) is 4.79 Å². The number of nitro groups is 1. The van der Waals surface area contributed by atoms with Gasteiger partial charge in [0.25, 0.3) is 11.6 Å². The summed E-state index contributed by atoms with van der Waals surface area (Å²) >= 11 is 0. The first-order chi connectivity index (χ1) is 21.7. The van der Waals surface area contributed by atoms with Crippen molar-refractivity contribution in [2.24, 2.45) is 5.92 Å². The number of β-amino-alcohol motifs (C(OH)–C–C–N with tert-alkyl or cyclic N) is 1. The Hall–Kier alpha value is -4.54. The highest BCUT2D eigenvalue weighted by Gasteiger charge is 2.49. The highest BCUT2D eigenvalue weighted by Crippen LogP contribution is 2.39. The van der Waals surface area contributed by atoms with Gasteiger partial charge in [0.15, 0.2) is 0 Å². The van der Waals surface area contributed by atoms with Crippen molar-refractivity contribution in [3.63, 3.8) is 0 Å². The summed E-state index contributed by atoms with van der Waals surface area (Å²) in [7, 11) is 0. The maximum Gasteiger partial charge on any atom is 0.410 e. The standard InChI is InChI=1S/C35H40N4O6/c1-3-19-38(34(41)45-24-27-13-15-31(16-14-27)39(43)44)30-17-20-36(21-18-30)22-29-23-37(33(40)32-12-8-7-9-26(32)2)25-35(29,42)28-10-5-4-6-11-28/h3-16,29-30,42H,1,17-25H2,2H3.